The van der Waals surface area contributed by atoms with Crippen molar-refractivity contribution in [1.82, 2.24) is 10.6 Å². The van der Waals surface area contributed by atoms with E-state index in [0.29, 0.717) is 13.0 Å². The van der Waals surface area contributed by atoms with Gasteiger partial charge in [0.15, 0.2) is 0 Å². The van der Waals surface area contributed by atoms with Crippen LogP contribution >= 0.6 is 0 Å². The Bertz CT molecular complexity index is 623. The lowest BCUT2D eigenvalue weighted by Gasteiger charge is -2.31. The van der Waals surface area contributed by atoms with Crippen LogP contribution in [0.4, 0.5) is 5.69 Å². The van der Waals surface area contributed by atoms with E-state index in [1.165, 1.54) is 0 Å². The van der Waals surface area contributed by atoms with Crippen molar-refractivity contribution in [2.45, 2.75) is 52.1 Å². The molecule has 2 amide bonds. The summed E-state index contributed by atoms with van der Waals surface area (Å²) in [5.74, 6) is -0.749. The maximum atomic E-state index is 12.7. The Hall–Kier alpha value is -1.88. The average Bonchev–Trinajstić information content (AvgIpc) is 2.90. The van der Waals surface area contributed by atoms with E-state index in [4.69, 9.17) is 0 Å². The van der Waals surface area contributed by atoms with Gasteiger partial charge in [-0.1, -0.05) is 6.07 Å². The lowest BCUT2D eigenvalue weighted by atomic mass is 9.98. The largest absolute Gasteiger partial charge is 0.351 e. The first kappa shape index (κ1) is 17.0. The van der Waals surface area contributed by atoms with Gasteiger partial charge in [-0.15, -0.1) is 0 Å². The van der Waals surface area contributed by atoms with Crippen LogP contribution in [0.1, 0.15) is 37.3 Å². The number of carbonyl (C=O) groups is 2. The zero-order valence-electron chi connectivity index (χ0n) is 14.8. The monoisotopic (exact) mass is 329 g/mol. The third kappa shape index (κ3) is 3.46. The minimum Gasteiger partial charge on any atom is -0.351 e. The Morgan fingerprint density at radius 2 is 1.92 bits per heavy atom. The van der Waals surface area contributed by atoms with Crippen molar-refractivity contribution >= 4 is 17.5 Å². The number of amides is 2. The Kier molecular flexibility index (Phi) is 4.90. The number of hydrogen-bond acceptors (Lipinski definition) is 3. The van der Waals surface area contributed by atoms with E-state index in [1.807, 2.05) is 26.0 Å². The van der Waals surface area contributed by atoms with E-state index < -0.39 is 5.92 Å². The topological polar surface area (TPSA) is 61.4 Å². The number of nitrogens with zero attached hydrogens (tertiary/aromatic N) is 1. The van der Waals surface area contributed by atoms with Crippen LogP contribution in [0.25, 0.3) is 0 Å². The molecule has 3 rings (SSSR count). The fourth-order valence-corrected chi connectivity index (χ4v) is 3.81. The van der Waals surface area contributed by atoms with E-state index in [1.54, 1.807) is 4.90 Å². The van der Waals surface area contributed by atoms with Crippen LogP contribution in [-0.4, -0.2) is 37.0 Å². The highest BCUT2D eigenvalue weighted by molar-refractivity contribution is 6.09. The van der Waals surface area contributed by atoms with Crippen LogP contribution in [-0.2, 0) is 9.59 Å². The first-order valence-corrected chi connectivity index (χ1v) is 8.89. The summed E-state index contributed by atoms with van der Waals surface area (Å²) in [6.07, 6.45) is 2.62. The summed E-state index contributed by atoms with van der Waals surface area (Å²) in [7, 11) is 0. The first-order valence-electron chi connectivity index (χ1n) is 8.89. The minimum atomic E-state index is -0.556. The van der Waals surface area contributed by atoms with Crippen LogP contribution in [0.5, 0.6) is 0 Å². The Balaban J connectivity index is 1.68. The molecule has 2 fully saturated rings. The lowest BCUT2D eigenvalue weighted by Crippen LogP contribution is -2.53. The predicted molar refractivity (Wildman–Crippen MR) is 95.0 cm³/mol. The van der Waals surface area contributed by atoms with Crippen LogP contribution in [0.15, 0.2) is 18.2 Å². The molecule has 0 saturated carbocycles. The molecule has 2 saturated heterocycles. The van der Waals surface area contributed by atoms with Gasteiger partial charge in [0.2, 0.25) is 11.8 Å². The molecule has 2 heterocycles. The van der Waals surface area contributed by atoms with Crippen LogP contribution in [0, 0.1) is 19.8 Å². The van der Waals surface area contributed by atoms with Crippen molar-refractivity contribution in [2.75, 3.05) is 18.0 Å². The highest BCUT2D eigenvalue weighted by Crippen LogP contribution is 2.27. The smallest absolute Gasteiger partial charge is 0.239 e. The molecule has 0 aromatic heterocycles. The van der Waals surface area contributed by atoms with E-state index in [0.717, 1.165) is 36.2 Å². The number of hydrogen-bond donors (Lipinski definition) is 2. The molecule has 1 aromatic carbocycles. The highest BCUT2D eigenvalue weighted by Gasteiger charge is 2.38. The number of rotatable bonds is 3. The van der Waals surface area contributed by atoms with E-state index >= 15 is 0 Å². The Labute approximate surface area is 143 Å². The molecular weight excluding hydrogens is 302 g/mol. The van der Waals surface area contributed by atoms with Gasteiger partial charge in [-0.2, -0.15) is 0 Å². The Morgan fingerprint density at radius 3 is 2.58 bits per heavy atom. The number of anilines is 1. The molecule has 24 heavy (non-hydrogen) atoms. The fraction of sp³-hybridized carbons (Fsp3) is 0.579. The summed E-state index contributed by atoms with van der Waals surface area (Å²) >= 11 is 0. The molecule has 1 aromatic rings. The number of aryl methyl sites for hydroxylation is 2. The van der Waals surface area contributed by atoms with Gasteiger partial charge >= 0.3 is 0 Å². The third-order valence-corrected chi connectivity index (χ3v) is 5.13. The summed E-state index contributed by atoms with van der Waals surface area (Å²) in [6, 6.07) is 6.49. The number of piperidine rings is 1. The molecule has 3 atom stereocenters. The van der Waals surface area contributed by atoms with Crippen molar-refractivity contribution in [3.8, 4) is 0 Å². The molecular formula is C19H27N3O2. The van der Waals surface area contributed by atoms with Crippen LogP contribution in [0.2, 0.25) is 0 Å². The van der Waals surface area contributed by atoms with Crippen molar-refractivity contribution in [1.29, 1.82) is 0 Å². The van der Waals surface area contributed by atoms with Crippen molar-refractivity contribution < 1.29 is 9.59 Å². The predicted octanol–water partition coefficient (Wildman–Crippen LogP) is 1.91. The molecule has 130 valence electrons. The highest BCUT2D eigenvalue weighted by atomic mass is 16.2. The number of nitrogens with one attached hydrogen (secondary N) is 2. The van der Waals surface area contributed by atoms with Gasteiger partial charge in [-0.3, -0.25) is 9.59 Å². The maximum Gasteiger partial charge on any atom is 0.239 e. The first-order chi connectivity index (χ1) is 11.5. The molecule has 2 aliphatic rings. The lowest BCUT2D eigenvalue weighted by molar-refractivity contribution is -0.132. The molecule has 3 unspecified atom stereocenters. The normalized spacial score (nSPS) is 27.4. The van der Waals surface area contributed by atoms with Crippen LogP contribution < -0.4 is 15.5 Å². The van der Waals surface area contributed by atoms with E-state index in [2.05, 4.69) is 23.6 Å². The van der Waals surface area contributed by atoms with Crippen LogP contribution in [0.3, 0.4) is 0 Å². The van der Waals surface area contributed by atoms with Crippen molar-refractivity contribution in [3.05, 3.63) is 29.3 Å². The van der Waals surface area contributed by atoms with Gasteiger partial charge < -0.3 is 15.5 Å². The van der Waals surface area contributed by atoms with Gasteiger partial charge in [0.25, 0.3) is 0 Å². The van der Waals surface area contributed by atoms with Gasteiger partial charge in [0.05, 0.1) is 0 Å². The summed E-state index contributed by atoms with van der Waals surface area (Å²) in [5, 5.41) is 6.46. The van der Waals surface area contributed by atoms with Gasteiger partial charge in [-0.05, 0) is 69.8 Å². The number of carbonyl (C=O) groups excluding carboxylic acids is 2. The zero-order chi connectivity index (χ0) is 17.3. The molecule has 0 aliphatic carbocycles. The Morgan fingerprint density at radius 1 is 1.21 bits per heavy atom. The second-order valence-corrected chi connectivity index (χ2v) is 7.18. The molecule has 0 bridgehead atoms. The standard InChI is InChI=1S/C19H27N3O2/c1-12-9-13(2)11-15(10-12)22-8-6-16(19(22)24)18(23)21-17-5-4-7-20-14(17)3/h9-11,14,16-17,20H,4-8H2,1-3H3,(H,21,23). The maximum absolute atomic E-state index is 12.7. The molecule has 2 aliphatic heterocycles. The summed E-state index contributed by atoms with van der Waals surface area (Å²) in [5.41, 5.74) is 3.17. The molecule has 2 N–H and O–H groups in total. The zero-order valence-corrected chi connectivity index (χ0v) is 14.8. The quantitative estimate of drug-likeness (QED) is 0.833. The molecule has 5 nitrogen and oxygen atoms in total. The minimum absolute atomic E-state index is 0.0751. The average molecular weight is 329 g/mol. The molecule has 0 radical (unpaired) electrons. The van der Waals surface area contributed by atoms with Crippen molar-refractivity contribution in [2.24, 2.45) is 5.92 Å². The number of benzene rings is 1. The van der Waals surface area contributed by atoms with Gasteiger partial charge in [0.1, 0.15) is 5.92 Å². The second-order valence-electron chi connectivity index (χ2n) is 7.18. The third-order valence-electron chi connectivity index (χ3n) is 5.13. The summed E-state index contributed by atoms with van der Waals surface area (Å²) in [4.78, 5) is 27.1. The molecule has 0 spiro atoms. The van der Waals surface area contributed by atoms with Gasteiger partial charge in [-0.25, -0.2) is 0 Å². The van der Waals surface area contributed by atoms with E-state index in [9.17, 15) is 9.59 Å². The summed E-state index contributed by atoms with van der Waals surface area (Å²) in [6.45, 7) is 7.74. The fourth-order valence-electron chi connectivity index (χ4n) is 3.81. The molecule has 5 heteroatoms. The SMILES string of the molecule is Cc1cc(C)cc(N2CCC(C(=O)NC3CCCNC3C)C2=O)c1. The van der Waals surface area contributed by atoms with E-state index in [-0.39, 0.29) is 23.9 Å². The second kappa shape index (κ2) is 6.93. The van der Waals surface area contributed by atoms with Gasteiger partial charge in [0, 0.05) is 24.3 Å². The van der Waals surface area contributed by atoms with Crippen molar-refractivity contribution in [3.63, 3.8) is 0 Å². The summed E-state index contributed by atoms with van der Waals surface area (Å²) < 4.78 is 0.